The molecule has 0 radical (unpaired) electrons. The zero-order valence-corrected chi connectivity index (χ0v) is 15.3. The van der Waals surface area contributed by atoms with Gasteiger partial charge in [0, 0.05) is 13.1 Å². The normalized spacial score (nSPS) is 14.8. The molecule has 0 bridgehead atoms. The summed E-state index contributed by atoms with van der Waals surface area (Å²) in [7, 11) is 1.85. The molecule has 0 spiro atoms. The Balaban J connectivity index is 1.64. The minimum absolute atomic E-state index is 0.136. The number of carbonyl (C=O) groups excluding carboxylic acids is 1. The van der Waals surface area contributed by atoms with Crippen molar-refractivity contribution in [2.75, 3.05) is 7.05 Å². The molecule has 1 fully saturated rings. The molecule has 6 nitrogen and oxygen atoms in total. The molecule has 2 aromatic carbocycles. The van der Waals surface area contributed by atoms with Gasteiger partial charge in [0.15, 0.2) is 0 Å². The van der Waals surface area contributed by atoms with Gasteiger partial charge in [0.25, 0.3) is 0 Å². The van der Waals surface area contributed by atoms with Crippen molar-refractivity contribution >= 4 is 17.1 Å². The first-order valence-corrected chi connectivity index (χ1v) is 9.30. The van der Waals surface area contributed by atoms with E-state index >= 15 is 0 Å². The standard InChI is InChI=1S/C21H21N5O/c1-25(18-8-3-2-4-9-18)21(27)26-20-11-10-17(13-19(20)23-24-26)16-7-5-6-15(12-16)14-22/h5-7,10-13,18H,2-4,8-9H2,1H3. The number of carbonyl (C=O) groups is 1. The summed E-state index contributed by atoms with van der Waals surface area (Å²) in [6.45, 7) is 0. The minimum Gasteiger partial charge on any atom is -0.323 e. The molecule has 0 N–H and O–H groups in total. The molecule has 1 amide bonds. The molecule has 4 rings (SSSR count). The van der Waals surface area contributed by atoms with Crippen LogP contribution in [-0.2, 0) is 0 Å². The highest BCUT2D eigenvalue weighted by atomic mass is 16.2. The molecule has 6 heteroatoms. The molecule has 27 heavy (non-hydrogen) atoms. The Morgan fingerprint density at radius 3 is 2.70 bits per heavy atom. The van der Waals surface area contributed by atoms with E-state index in [1.165, 1.54) is 23.9 Å². The smallest absolute Gasteiger partial charge is 0.323 e. The Morgan fingerprint density at radius 1 is 1.15 bits per heavy atom. The number of aromatic nitrogens is 3. The van der Waals surface area contributed by atoms with Gasteiger partial charge in [-0.1, -0.05) is 42.7 Å². The molecule has 0 unspecified atom stereocenters. The summed E-state index contributed by atoms with van der Waals surface area (Å²) in [5.41, 5.74) is 3.86. The van der Waals surface area contributed by atoms with Gasteiger partial charge in [-0.2, -0.15) is 9.94 Å². The van der Waals surface area contributed by atoms with Crippen molar-refractivity contribution < 1.29 is 4.79 Å². The number of fused-ring (bicyclic) bond motifs is 1. The molecular weight excluding hydrogens is 338 g/mol. The summed E-state index contributed by atoms with van der Waals surface area (Å²) < 4.78 is 1.39. The third kappa shape index (κ3) is 3.28. The summed E-state index contributed by atoms with van der Waals surface area (Å²) >= 11 is 0. The van der Waals surface area contributed by atoms with Crippen LogP contribution in [0.4, 0.5) is 4.79 Å². The molecule has 136 valence electrons. The van der Waals surface area contributed by atoms with Crippen LogP contribution in [0.5, 0.6) is 0 Å². The number of hydrogen-bond donors (Lipinski definition) is 0. The van der Waals surface area contributed by atoms with Gasteiger partial charge < -0.3 is 4.90 Å². The zero-order valence-electron chi connectivity index (χ0n) is 15.3. The van der Waals surface area contributed by atoms with Crippen molar-refractivity contribution in [2.45, 2.75) is 38.1 Å². The summed E-state index contributed by atoms with van der Waals surface area (Å²) in [6, 6.07) is 15.4. The second-order valence-corrected chi connectivity index (χ2v) is 7.08. The lowest BCUT2D eigenvalue weighted by molar-refractivity contribution is 0.173. The van der Waals surface area contributed by atoms with Crippen LogP contribution < -0.4 is 0 Å². The maximum absolute atomic E-state index is 12.9. The molecule has 1 heterocycles. The first-order valence-electron chi connectivity index (χ1n) is 9.30. The first kappa shape index (κ1) is 17.2. The molecule has 1 aromatic heterocycles. The van der Waals surface area contributed by atoms with Gasteiger partial charge in [0.05, 0.1) is 17.1 Å². The highest BCUT2D eigenvalue weighted by molar-refractivity contribution is 5.90. The number of nitrogens with zero attached hydrogens (tertiary/aromatic N) is 5. The quantitative estimate of drug-likeness (QED) is 0.687. The van der Waals surface area contributed by atoms with E-state index in [0.717, 1.165) is 24.0 Å². The zero-order chi connectivity index (χ0) is 18.8. The predicted octanol–water partition coefficient (Wildman–Crippen LogP) is 4.20. The molecule has 0 aliphatic heterocycles. The van der Waals surface area contributed by atoms with Crippen molar-refractivity contribution in [3.05, 3.63) is 48.0 Å². The monoisotopic (exact) mass is 359 g/mol. The third-order valence-corrected chi connectivity index (χ3v) is 5.38. The maximum Gasteiger partial charge on any atom is 0.346 e. The number of benzene rings is 2. The number of hydrogen-bond acceptors (Lipinski definition) is 4. The van der Waals surface area contributed by atoms with Crippen molar-refractivity contribution in [1.29, 1.82) is 5.26 Å². The Hall–Kier alpha value is -3.20. The second kappa shape index (κ2) is 7.20. The molecule has 1 aliphatic carbocycles. The summed E-state index contributed by atoms with van der Waals surface area (Å²) in [6.07, 6.45) is 5.69. The Bertz CT molecular complexity index is 1030. The van der Waals surface area contributed by atoms with Gasteiger partial charge in [-0.3, -0.25) is 0 Å². The van der Waals surface area contributed by atoms with Crippen molar-refractivity contribution in [2.24, 2.45) is 0 Å². The van der Waals surface area contributed by atoms with Crippen molar-refractivity contribution in [3.63, 3.8) is 0 Å². The van der Waals surface area contributed by atoms with E-state index in [9.17, 15) is 4.79 Å². The van der Waals surface area contributed by atoms with E-state index in [1.807, 2.05) is 43.4 Å². The lowest BCUT2D eigenvalue weighted by Crippen LogP contribution is -2.41. The van der Waals surface area contributed by atoms with E-state index in [0.29, 0.717) is 16.6 Å². The van der Waals surface area contributed by atoms with Crippen LogP contribution in [-0.4, -0.2) is 39.0 Å². The average molecular weight is 359 g/mol. The molecule has 1 aliphatic rings. The summed E-state index contributed by atoms with van der Waals surface area (Å²) in [5.74, 6) is 0. The van der Waals surface area contributed by atoms with E-state index in [4.69, 9.17) is 5.26 Å². The maximum atomic E-state index is 12.9. The molecule has 0 atom stereocenters. The van der Waals surface area contributed by atoms with E-state index in [2.05, 4.69) is 16.4 Å². The van der Waals surface area contributed by atoms with Crippen molar-refractivity contribution in [1.82, 2.24) is 19.9 Å². The van der Waals surface area contributed by atoms with Crippen molar-refractivity contribution in [3.8, 4) is 17.2 Å². The van der Waals surface area contributed by atoms with Gasteiger partial charge in [0.2, 0.25) is 0 Å². The lowest BCUT2D eigenvalue weighted by atomic mass is 9.95. The van der Waals surface area contributed by atoms with Gasteiger partial charge >= 0.3 is 6.03 Å². The summed E-state index contributed by atoms with van der Waals surface area (Å²) in [5, 5.41) is 17.4. The summed E-state index contributed by atoms with van der Waals surface area (Å²) in [4.78, 5) is 14.7. The predicted molar refractivity (Wildman–Crippen MR) is 103 cm³/mol. The Labute approximate surface area is 158 Å². The Morgan fingerprint density at radius 2 is 1.93 bits per heavy atom. The fourth-order valence-electron chi connectivity index (χ4n) is 3.79. The molecule has 1 saturated carbocycles. The second-order valence-electron chi connectivity index (χ2n) is 7.08. The molecule has 3 aromatic rings. The van der Waals surface area contributed by atoms with Gasteiger partial charge in [-0.15, -0.1) is 5.10 Å². The van der Waals surface area contributed by atoms with E-state index in [-0.39, 0.29) is 12.1 Å². The van der Waals surface area contributed by atoms with Gasteiger partial charge in [0.1, 0.15) is 5.52 Å². The van der Waals surface area contributed by atoms with E-state index < -0.39 is 0 Å². The number of rotatable bonds is 2. The highest BCUT2D eigenvalue weighted by Gasteiger charge is 2.25. The fraction of sp³-hybridized carbons (Fsp3) is 0.333. The van der Waals surface area contributed by atoms with Crippen LogP contribution in [0.25, 0.3) is 22.2 Å². The number of amides is 1. The topological polar surface area (TPSA) is 74.8 Å². The van der Waals surface area contributed by atoms with Gasteiger partial charge in [-0.25, -0.2) is 4.79 Å². The lowest BCUT2D eigenvalue weighted by Gasteiger charge is -2.30. The number of nitriles is 1. The molecule has 0 saturated heterocycles. The SMILES string of the molecule is CN(C(=O)n1nnc2cc(-c3cccc(C#N)c3)ccc21)C1CCCCC1. The molecular formula is C21H21N5O. The third-order valence-electron chi connectivity index (χ3n) is 5.38. The van der Waals surface area contributed by atoms with Crippen LogP contribution in [0.2, 0.25) is 0 Å². The fourth-order valence-corrected chi connectivity index (χ4v) is 3.79. The highest BCUT2D eigenvalue weighted by Crippen LogP contribution is 2.26. The largest absolute Gasteiger partial charge is 0.346 e. The van der Waals surface area contributed by atoms with Crippen LogP contribution in [0.15, 0.2) is 42.5 Å². The average Bonchev–Trinajstić information content (AvgIpc) is 3.16. The first-order chi connectivity index (χ1) is 13.2. The van der Waals surface area contributed by atoms with Gasteiger partial charge in [-0.05, 0) is 48.2 Å². The minimum atomic E-state index is -0.136. The van der Waals surface area contributed by atoms with Crippen LogP contribution in [0, 0.1) is 11.3 Å². The van der Waals surface area contributed by atoms with Crippen LogP contribution in [0.3, 0.4) is 0 Å². The Kier molecular flexibility index (Phi) is 4.59. The van der Waals surface area contributed by atoms with E-state index in [1.54, 1.807) is 11.0 Å². The van der Waals surface area contributed by atoms with Crippen LogP contribution >= 0.6 is 0 Å². The van der Waals surface area contributed by atoms with Crippen LogP contribution in [0.1, 0.15) is 37.7 Å².